The molecule has 0 aliphatic carbocycles. The number of amides is 2. The molecule has 6 nitrogen and oxygen atoms in total. The minimum atomic E-state index is -0.835. The van der Waals surface area contributed by atoms with Gasteiger partial charge in [0.1, 0.15) is 17.1 Å². The molecule has 0 spiro atoms. The third-order valence-electron chi connectivity index (χ3n) is 6.15. The van der Waals surface area contributed by atoms with Crippen LogP contribution in [0, 0.1) is 0 Å². The minimum Gasteiger partial charge on any atom is -0.339 e. The van der Waals surface area contributed by atoms with Crippen LogP contribution >= 0.6 is 11.8 Å². The number of carbonyl (C=O) groups excluding carboxylic acids is 3. The van der Waals surface area contributed by atoms with Gasteiger partial charge in [-0.05, 0) is 29.8 Å². The summed E-state index contributed by atoms with van der Waals surface area (Å²) in [5, 5.41) is 3.23. The van der Waals surface area contributed by atoms with Crippen LogP contribution in [0.25, 0.3) is 10.9 Å². The lowest BCUT2D eigenvalue weighted by Crippen LogP contribution is -2.51. The van der Waals surface area contributed by atoms with Gasteiger partial charge in [0.05, 0.1) is 5.52 Å². The second-order valence-corrected chi connectivity index (χ2v) is 9.79. The van der Waals surface area contributed by atoms with Crippen molar-refractivity contribution >= 4 is 40.3 Å². The maximum atomic E-state index is 13.8. The zero-order chi connectivity index (χ0) is 24.9. The Morgan fingerprint density at radius 1 is 0.917 bits per heavy atom. The average molecular weight is 496 g/mol. The van der Waals surface area contributed by atoms with Gasteiger partial charge in [-0.15, -0.1) is 0 Å². The van der Waals surface area contributed by atoms with Crippen LogP contribution in [-0.4, -0.2) is 45.4 Å². The van der Waals surface area contributed by atoms with E-state index < -0.39 is 17.3 Å². The predicted molar refractivity (Wildman–Crippen MR) is 141 cm³/mol. The quantitative estimate of drug-likeness (QED) is 0.409. The number of para-hydroxylation sites is 1. The number of thioether (sulfide) groups is 1. The summed E-state index contributed by atoms with van der Waals surface area (Å²) in [5.41, 5.74) is 1.87. The van der Waals surface area contributed by atoms with Crippen molar-refractivity contribution in [2.75, 3.05) is 6.54 Å². The molecule has 1 aliphatic heterocycles. The molecule has 4 aromatic rings. The number of pyridine rings is 1. The maximum Gasteiger partial charge on any atom is 0.270 e. The number of carbonyl (C=O) groups is 3. The number of hydrogen-bond acceptors (Lipinski definition) is 5. The third kappa shape index (κ3) is 5.31. The molecular formula is C29H25N3O3S. The van der Waals surface area contributed by atoms with Crippen LogP contribution in [0.1, 0.15) is 22.5 Å². The van der Waals surface area contributed by atoms with Crippen molar-refractivity contribution in [3.8, 4) is 0 Å². The predicted octanol–water partition coefficient (Wildman–Crippen LogP) is 4.50. The Balaban J connectivity index is 1.40. The van der Waals surface area contributed by atoms with Crippen molar-refractivity contribution in [2.45, 2.75) is 29.2 Å². The van der Waals surface area contributed by atoms with E-state index in [2.05, 4.69) is 10.3 Å². The molecule has 0 radical (unpaired) electrons. The van der Waals surface area contributed by atoms with Crippen molar-refractivity contribution in [3.63, 3.8) is 0 Å². The van der Waals surface area contributed by atoms with Gasteiger partial charge < -0.3 is 10.2 Å². The van der Waals surface area contributed by atoms with Gasteiger partial charge in [-0.1, -0.05) is 84.6 Å². The van der Waals surface area contributed by atoms with Crippen molar-refractivity contribution in [1.29, 1.82) is 0 Å². The molecule has 0 saturated carbocycles. The molecule has 0 bridgehead atoms. The molecular weight excluding hydrogens is 470 g/mol. The number of fused-ring (bicyclic) bond motifs is 1. The Hall–Kier alpha value is -3.97. The number of likely N-dealkylation sites (tertiary alicyclic amines) is 1. The van der Waals surface area contributed by atoms with Crippen LogP contribution in [-0.2, 0) is 16.0 Å². The molecule has 2 atom stereocenters. The fourth-order valence-electron chi connectivity index (χ4n) is 4.30. The first-order valence-electron chi connectivity index (χ1n) is 11.8. The molecule has 3 aromatic carbocycles. The number of aromatic nitrogens is 1. The smallest absolute Gasteiger partial charge is 0.270 e. The van der Waals surface area contributed by atoms with Gasteiger partial charge in [0.25, 0.3) is 5.91 Å². The summed E-state index contributed by atoms with van der Waals surface area (Å²) < 4.78 is 0. The lowest BCUT2D eigenvalue weighted by molar-refractivity contribution is -0.134. The Morgan fingerprint density at radius 2 is 1.61 bits per heavy atom. The van der Waals surface area contributed by atoms with Crippen LogP contribution in [0.5, 0.6) is 0 Å². The van der Waals surface area contributed by atoms with Crippen LogP contribution < -0.4 is 5.32 Å². The van der Waals surface area contributed by atoms with Crippen LogP contribution in [0.2, 0.25) is 0 Å². The standard InChI is InChI=1S/C29H25N3O3S/c33-26-17-18-32(29(26)36-22-12-5-2-6-13-22)28(35)25(19-20-9-3-1-4-10-20)31-27(34)24-16-15-21-11-7-8-14-23(21)30-24/h1-16,25,29H,17-19H2,(H,31,34)/t25-,29+/m0/s1. The van der Waals surface area contributed by atoms with Crippen molar-refractivity contribution in [1.82, 2.24) is 15.2 Å². The summed E-state index contributed by atoms with van der Waals surface area (Å²) in [6, 6.07) is 29.4. The number of rotatable bonds is 7. The summed E-state index contributed by atoms with van der Waals surface area (Å²) in [6.07, 6.45) is 0.612. The molecule has 1 aromatic heterocycles. The summed E-state index contributed by atoms with van der Waals surface area (Å²) in [7, 11) is 0. The number of Topliss-reactive ketones (excluding diaryl/α,β-unsaturated/α-hetero) is 1. The molecule has 2 amide bonds. The first kappa shape index (κ1) is 23.8. The SMILES string of the molecule is O=C(N[C@@H](Cc1ccccc1)C(=O)N1CCC(=O)[C@H]1Sc1ccccc1)c1ccc2ccccc2n1. The van der Waals surface area contributed by atoms with E-state index in [0.717, 1.165) is 15.8 Å². The van der Waals surface area contributed by atoms with E-state index in [1.165, 1.54) is 11.8 Å². The highest BCUT2D eigenvalue weighted by Crippen LogP contribution is 2.31. The molecule has 0 unspecified atom stereocenters. The fraction of sp³-hybridized carbons (Fsp3) is 0.172. The molecule has 1 N–H and O–H groups in total. The van der Waals surface area contributed by atoms with Gasteiger partial charge >= 0.3 is 0 Å². The number of benzene rings is 3. The monoisotopic (exact) mass is 495 g/mol. The number of ketones is 1. The summed E-state index contributed by atoms with van der Waals surface area (Å²) >= 11 is 1.37. The van der Waals surface area contributed by atoms with Crippen molar-refractivity contribution < 1.29 is 14.4 Å². The highest BCUT2D eigenvalue weighted by Gasteiger charge is 2.39. The Bertz CT molecular complexity index is 1390. The van der Waals surface area contributed by atoms with Crippen LogP contribution in [0.4, 0.5) is 0 Å². The highest BCUT2D eigenvalue weighted by atomic mass is 32.2. The van der Waals surface area contributed by atoms with E-state index in [-0.39, 0.29) is 17.4 Å². The molecule has 5 rings (SSSR count). The molecule has 7 heteroatoms. The first-order chi connectivity index (χ1) is 17.6. The van der Waals surface area contributed by atoms with E-state index in [1.54, 1.807) is 11.0 Å². The van der Waals surface area contributed by atoms with Gasteiger partial charge in [0.15, 0.2) is 5.78 Å². The summed E-state index contributed by atoms with van der Waals surface area (Å²) in [4.78, 5) is 46.8. The number of hydrogen-bond donors (Lipinski definition) is 1. The van der Waals surface area contributed by atoms with Gasteiger partial charge in [-0.25, -0.2) is 4.98 Å². The minimum absolute atomic E-state index is 0.0122. The Kier molecular flexibility index (Phi) is 7.09. The van der Waals surface area contributed by atoms with Gasteiger partial charge in [0.2, 0.25) is 5.91 Å². The lowest BCUT2D eigenvalue weighted by atomic mass is 10.0. The van der Waals surface area contributed by atoms with E-state index in [0.29, 0.717) is 24.9 Å². The van der Waals surface area contributed by atoms with E-state index >= 15 is 0 Å². The normalized spacial score (nSPS) is 16.2. The second-order valence-electron chi connectivity index (χ2n) is 8.64. The molecule has 1 aliphatic rings. The van der Waals surface area contributed by atoms with E-state index in [1.807, 2.05) is 91.0 Å². The lowest BCUT2D eigenvalue weighted by Gasteiger charge is -2.28. The van der Waals surface area contributed by atoms with E-state index in [9.17, 15) is 14.4 Å². The fourth-order valence-corrected chi connectivity index (χ4v) is 5.46. The third-order valence-corrected chi connectivity index (χ3v) is 7.43. The van der Waals surface area contributed by atoms with Crippen LogP contribution in [0.3, 0.4) is 0 Å². The molecule has 36 heavy (non-hydrogen) atoms. The van der Waals surface area contributed by atoms with Crippen molar-refractivity contribution in [2.24, 2.45) is 0 Å². The van der Waals surface area contributed by atoms with Gasteiger partial charge in [-0.2, -0.15) is 0 Å². The second kappa shape index (κ2) is 10.7. The zero-order valence-corrected chi connectivity index (χ0v) is 20.4. The van der Waals surface area contributed by atoms with Crippen molar-refractivity contribution in [3.05, 3.63) is 108 Å². The zero-order valence-electron chi connectivity index (χ0n) is 19.5. The molecule has 1 fully saturated rings. The summed E-state index contributed by atoms with van der Waals surface area (Å²) in [6.45, 7) is 0.331. The molecule has 1 saturated heterocycles. The maximum absolute atomic E-state index is 13.8. The molecule has 2 heterocycles. The topological polar surface area (TPSA) is 79.4 Å². The number of nitrogens with zero attached hydrogens (tertiary/aromatic N) is 2. The van der Waals surface area contributed by atoms with Gasteiger partial charge in [0, 0.05) is 29.7 Å². The molecule has 180 valence electrons. The Morgan fingerprint density at radius 3 is 2.39 bits per heavy atom. The summed E-state index contributed by atoms with van der Waals surface area (Å²) in [5.74, 6) is -0.682. The highest BCUT2D eigenvalue weighted by molar-refractivity contribution is 8.00. The average Bonchev–Trinajstić information content (AvgIpc) is 3.28. The number of nitrogens with one attached hydrogen (secondary N) is 1. The van der Waals surface area contributed by atoms with Crippen LogP contribution in [0.15, 0.2) is 102 Å². The van der Waals surface area contributed by atoms with E-state index in [4.69, 9.17) is 0 Å². The first-order valence-corrected chi connectivity index (χ1v) is 12.7. The Labute approximate surface area is 213 Å². The van der Waals surface area contributed by atoms with Gasteiger partial charge in [-0.3, -0.25) is 14.4 Å². The largest absolute Gasteiger partial charge is 0.339 e.